The number of pyridine rings is 1. The summed E-state index contributed by atoms with van der Waals surface area (Å²) in [6.07, 6.45) is 2.08. The van der Waals surface area contributed by atoms with Gasteiger partial charge in [-0.1, -0.05) is 40.9 Å². The summed E-state index contributed by atoms with van der Waals surface area (Å²) in [5.74, 6) is 0. The van der Waals surface area contributed by atoms with E-state index in [1.807, 2.05) is 31.2 Å². The highest BCUT2D eigenvalue weighted by Gasteiger charge is 2.16. The first-order valence-corrected chi connectivity index (χ1v) is 8.97. The van der Waals surface area contributed by atoms with Crippen LogP contribution < -0.4 is 0 Å². The number of benzene rings is 1. The summed E-state index contributed by atoms with van der Waals surface area (Å²) in [6, 6.07) is 16.5. The lowest BCUT2D eigenvalue weighted by Gasteiger charge is -2.16. The fraction of sp³-hybridized carbons (Fsp3) is 0.211. The lowest BCUT2D eigenvalue weighted by atomic mass is 10.1. The van der Waals surface area contributed by atoms with Crippen LogP contribution >= 0.6 is 11.5 Å². The molecule has 25 heavy (non-hydrogen) atoms. The first kappa shape index (κ1) is 15.9. The van der Waals surface area contributed by atoms with Crippen molar-refractivity contribution in [2.45, 2.75) is 20.0 Å². The molecule has 4 aromatic rings. The predicted octanol–water partition coefficient (Wildman–Crippen LogP) is 3.79. The second-order valence-electron chi connectivity index (χ2n) is 6.16. The number of rotatable bonds is 5. The van der Waals surface area contributed by atoms with Gasteiger partial charge in [-0.2, -0.15) is 0 Å². The first-order valence-electron chi connectivity index (χ1n) is 8.20. The molecule has 1 aromatic carbocycles. The Bertz CT molecular complexity index is 989. The van der Waals surface area contributed by atoms with E-state index in [0.717, 1.165) is 35.7 Å². The molecule has 6 heteroatoms. The second kappa shape index (κ2) is 6.74. The van der Waals surface area contributed by atoms with E-state index in [-0.39, 0.29) is 0 Å². The molecule has 0 aliphatic heterocycles. The Morgan fingerprint density at radius 3 is 2.60 bits per heavy atom. The third-order valence-corrected chi connectivity index (χ3v) is 5.06. The van der Waals surface area contributed by atoms with Gasteiger partial charge in [0.15, 0.2) is 0 Å². The molecule has 0 atom stereocenters. The smallest absolute Gasteiger partial charge is 0.137 e. The summed E-state index contributed by atoms with van der Waals surface area (Å²) in [5, 5.41) is 4.11. The van der Waals surface area contributed by atoms with Gasteiger partial charge in [-0.15, -0.1) is 5.10 Å². The van der Waals surface area contributed by atoms with E-state index in [9.17, 15) is 0 Å². The van der Waals surface area contributed by atoms with Crippen molar-refractivity contribution in [1.82, 2.24) is 23.9 Å². The molecule has 0 saturated carbocycles. The third-order valence-electron chi connectivity index (χ3n) is 4.25. The highest BCUT2D eigenvalue weighted by Crippen LogP contribution is 2.26. The highest BCUT2D eigenvalue weighted by atomic mass is 32.1. The zero-order chi connectivity index (χ0) is 17.2. The molecule has 0 amide bonds. The van der Waals surface area contributed by atoms with Crippen LogP contribution in [-0.4, -0.2) is 30.9 Å². The molecule has 3 heterocycles. The normalized spacial score (nSPS) is 11.5. The van der Waals surface area contributed by atoms with Gasteiger partial charge in [0.25, 0.3) is 0 Å². The van der Waals surface area contributed by atoms with Crippen LogP contribution in [0, 0.1) is 6.92 Å². The molecule has 126 valence electrons. The Morgan fingerprint density at radius 2 is 1.84 bits per heavy atom. The second-order valence-corrected chi connectivity index (χ2v) is 6.99. The highest BCUT2D eigenvalue weighted by molar-refractivity contribution is 7.05. The molecule has 0 spiro atoms. The van der Waals surface area contributed by atoms with Gasteiger partial charge >= 0.3 is 0 Å². The van der Waals surface area contributed by atoms with Crippen molar-refractivity contribution in [3.63, 3.8) is 0 Å². The topological polar surface area (TPSA) is 46.3 Å². The first-order chi connectivity index (χ1) is 12.2. The van der Waals surface area contributed by atoms with Crippen molar-refractivity contribution < 1.29 is 0 Å². The lowest BCUT2D eigenvalue weighted by molar-refractivity contribution is 0.316. The molecule has 3 aromatic heterocycles. The SMILES string of the molecule is Cc1nnsc1CN(C)Cc1c(-c2ccccc2)nc2ccccn12. The molecule has 0 N–H and O–H groups in total. The minimum atomic E-state index is 0.798. The van der Waals surface area contributed by atoms with E-state index >= 15 is 0 Å². The minimum absolute atomic E-state index is 0.798. The minimum Gasteiger partial charge on any atom is -0.302 e. The number of imidazole rings is 1. The van der Waals surface area contributed by atoms with Crippen molar-refractivity contribution in [1.29, 1.82) is 0 Å². The van der Waals surface area contributed by atoms with Crippen LogP contribution in [0.1, 0.15) is 16.3 Å². The van der Waals surface area contributed by atoms with Crippen molar-refractivity contribution in [3.05, 3.63) is 71.0 Å². The molecular weight excluding hydrogens is 330 g/mol. The monoisotopic (exact) mass is 349 g/mol. The van der Waals surface area contributed by atoms with E-state index in [2.05, 4.69) is 56.4 Å². The Hall–Kier alpha value is -2.57. The lowest BCUT2D eigenvalue weighted by Crippen LogP contribution is -2.18. The number of nitrogens with zero attached hydrogens (tertiary/aromatic N) is 5. The van der Waals surface area contributed by atoms with E-state index < -0.39 is 0 Å². The van der Waals surface area contributed by atoms with E-state index in [4.69, 9.17) is 4.98 Å². The van der Waals surface area contributed by atoms with Crippen LogP contribution in [0.2, 0.25) is 0 Å². The maximum absolute atomic E-state index is 4.86. The van der Waals surface area contributed by atoms with E-state index in [0.29, 0.717) is 0 Å². The molecule has 0 aliphatic carbocycles. The zero-order valence-electron chi connectivity index (χ0n) is 14.3. The molecule has 4 rings (SSSR count). The summed E-state index contributed by atoms with van der Waals surface area (Å²) in [7, 11) is 2.12. The maximum Gasteiger partial charge on any atom is 0.137 e. The molecule has 5 nitrogen and oxygen atoms in total. The third kappa shape index (κ3) is 3.18. The average Bonchev–Trinajstić information content (AvgIpc) is 3.20. The van der Waals surface area contributed by atoms with Crippen LogP contribution in [0.3, 0.4) is 0 Å². The molecule has 0 fully saturated rings. The van der Waals surface area contributed by atoms with Crippen molar-refractivity contribution >= 4 is 17.2 Å². The number of hydrogen-bond acceptors (Lipinski definition) is 5. The van der Waals surface area contributed by atoms with Crippen LogP contribution in [-0.2, 0) is 13.1 Å². The standard InChI is InChI=1S/C19H19N5S/c1-14-17(25-22-21-14)13-23(2)12-16-19(15-8-4-3-5-9-15)20-18-10-6-7-11-24(16)18/h3-11H,12-13H2,1-2H3. The number of hydrogen-bond donors (Lipinski definition) is 0. The fourth-order valence-electron chi connectivity index (χ4n) is 2.98. The summed E-state index contributed by atoms with van der Waals surface area (Å²) in [5.41, 5.74) is 5.36. The Balaban J connectivity index is 1.71. The van der Waals surface area contributed by atoms with Crippen LogP contribution in [0.5, 0.6) is 0 Å². The molecule has 0 aliphatic rings. The Morgan fingerprint density at radius 1 is 1.04 bits per heavy atom. The quantitative estimate of drug-likeness (QED) is 0.550. The van der Waals surface area contributed by atoms with Crippen LogP contribution in [0.4, 0.5) is 0 Å². The summed E-state index contributed by atoms with van der Waals surface area (Å²) >= 11 is 1.47. The van der Waals surface area contributed by atoms with E-state index in [1.165, 1.54) is 22.1 Å². The molecular formula is C19H19N5S. The van der Waals surface area contributed by atoms with Crippen molar-refractivity contribution in [2.75, 3.05) is 7.05 Å². The summed E-state index contributed by atoms with van der Waals surface area (Å²) < 4.78 is 6.21. The number of fused-ring (bicyclic) bond motifs is 1. The van der Waals surface area contributed by atoms with Gasteiger partial charge in [-0.25, -0.2) is 4.98 Å². The molecule has 0 radical (unpaired) electrons. The Labute approximate surface area is 150 Å². The van der Waals surface area contributed by atoms with Crippen LogP contribution in [0.25, 0.3) is 16.9 Å². The van der Waals surface area contributed by atoms with Gasteiger partial charge < -0.3 is 4.40 Å². The van der Waals surface area contributed by atoms with Gasteiger partial charge in [0.1, 0.15) is 5.65 Å². The summed E-state index contributed by atoms with van der Waals surface area (Å²) in [6.45, 7) is 3.64. The van der Waals surface area contributed by atoms with Gasteiger partial charge in [0.2, 0.25) is 0 Å². The van der Waals surface area contributed by atoms with Gasteiger partial charge in [-0.3, -0.25) is 4.90 Å². The van der Waals surface area contributed by atoms with Crippen LogP contribution in [0.15, 0.2) is 54.7 Å². The van der Waals surface area contributed by atoms with Crippen molar-refractivity contribution in [2.24, 2.45) is 0 Å². The van der Waals surface area contributed by atoms with Crippen molar-refractivity contribution in [3.8, 4) is 11.3 Å². The number of aryl methyl sites for hydroxylation is 1. The molecule has 0 unspecified atom stereocenters. The van der Waals surface area contributed by atoms with E-state index in [1.54, 1.807) is 0 Å². The van der Waals surface area contributed by atoms with Gasteiger partial charge in [0, 0.05) is 24.8 Å². The van der Waals surface area contributed by atoms with Gasteiger partial charge in [0.05, 0.1) is 22.0 Å². The van der Waals surface area contributed by atoms with Gasteiger partial charge in [-0.05, 0) is 37.6 Å². The summed E-state index contributed by atoms with van der Waals surface area (Å²) in [4.78, 5) is 8.35. The molecule has 0 saturated heterocycles. The maximum atomic E-state index is 4.86. The average molecular weight is 349 g/mol. The predicted molar refractivity (Wildman–Crippen MR) is 100 cm³/mol. The Kier molecular flexibility index (Phi) is 4.29. The fourth-order valence-corrected chi connectivity index (χ4v) is 3.69. The zero-order valence-corrected chi connectivity index (χ0v) is 15.1. The largest absolute Gasteiger partial charge is 0.302 e. The molecule has 0 bridgehead atoms. The number of aromatic nitrogens is 4.